The Kier molecular flexibility index (Phi) is 6.62. The molecule has 136 valence electrons. The average Bonchev–Trinajstić information content (AvgIpc) is 2.66. The van der Waals surface area contributed by atoms with Crippen molar-refractivity contribution in [1.82, 2.24) is 9.80 Å². The largest absolute Gasteiger partial charge is 0.465 e. The minimum atomic E-state index is -0.401. The SMILES string of the molecule is CCOC(=O)N1CCN(C(=O)CNc2ccc(C(=O)OC)cc2)CC1. The number of hydrogen-bond donors (Lipinski definition) is 1. The Morgan fingerprint density at radius 1 is 1.04 bits per heavy atom. The molecule has 1 N–H and O–H groups in total. The Morgan fingerprint density at radius 2 is 1.64 bits per heavy atom. The van der Waals surface area contributed by atoms with Crippen LogP contribution in [0.2, 0.25) is 0 Å². The molecule has 0 atom stereocenters. The number of carbonyl (C=O) groups is 3. The first kappa shape index (κ1) is 18.6. The van der Waals surface area contributed by atoms with Crippen molar-refractivity contribution in [3.63, 3.8) is 0 Å². The molecule has 0 bridgehead atoms. The Balaban J connectivity index is 1.77. The van der Waals surface area contributed by atoms with Gasteiger partial charge in [0.05, 0.1) is 25.8 Å². The molecule has 1 aromatic carbocycles. The lowest BCUT2D eigenvalue weighted by Gasteiger charge is -2.34. The number of ether oxygens (including phenoxy) is 2. The van der Waals surface area contributed by atoms with Crippen molar-refractivity contribution >= 4 is 23.7 Å². The van der Waals surface area contributed by atoms with E-state index in [9.17, 15) is 14.4 Å². The first-order valence-electron chi connectivity index (χ1n) is 8.17. The molecule has 0 radical (unpaired) electrons. The van der Waals surface area contributed by atoms with E-state index in [0.29, 0.717) is 38.3 Å². The first-order valence-corrected chi connectivity index (χ1v) is 8.17. The van der Waals surface area contributed by atoms with Crippen LogP contribution < -0.4 is 5.32 Å². The Morgan fingerprint density at radius 3 is 2.20 bits per heavy atom. The van der Waals surface area contributed by atoms with E-state index >= 15 is 0 Å². The van der Waals surface area contributed by atoms with Crippen LogP contribution in [0, 0.1) is 0 Å². The summed E-state index contributed by atoms with van der Waals surface area (Å²) >= 11 is 0. The van der Waals surface area contributed by atoms with Crippen LogP contribution in [0.25, 0.3) is 0 Å². The van der Waals surface area contributed by atoms with Crippen LogP contribution in [-0.2, 0) is 14.3 Å². The number of rotatable bonds is 5. The van der Waals surface area contributed by atoms with Crippen LogP contribution in [0.1, 0.15) is 17.3 Å². The molecule has 1 fully saturated rings. The molecule has 0 saturated carbocycles. The number of carbonyl (C=O) groups excluding carboxylic acids is 3. The van der Waals surface area contributed by atoms with Gasteiger partial charge in [-0.2, -0.15) is 0 Å². The van der Waals surface area contributed by atoms with Crippen molar-refractivity contribution in [2.75, 3.05) is 51.8 Å². The maximum atomic E-state index is 12.2. The summed E-state index contributed by atoms with van der Waals surface area (Å²) in [5.74, 6) is -0.442. The highest BCUT2D eigenvalue weighted by molar-refractivity contribution is 5.89. The number of nitrogens with one attached hydrogen (secondary N) is 1. The second-order valence-electron chi connectivity index (χ2n) is 5.49. The highest BCUT2D eigenvalue weighted by Gasteiger charge is 2.24. The summed E-state index contributed by atoms with van der Waals surface area (Å²) in [5.41, 5.74) is 1.20. The zero-order valence-corrected chi connectivity index (χ0v) is 14.5. The fourth-order valence-corrected chi connectivity index (χ4v) is 2.48. The molecule has 25 heavy (non-hydrogen) atoms. The van der Waals surface area contributed by atoms with Gasteiger partial charge in [-0.05, 0) is 31.2 Å². The highest BCUT2D eigenvalue weighted by atomic mass is 16.6. The molecular formula is C17H23N3O5. The molecule has 0 spiro atoms. The number of amides is 2. The van der Waals surface area contributed by atoms with E-state index in [4.69, 9.17) is 4.74 Å². The lowest BCUT2D eigenvalue weighted by Crippen LogP contribution is -2.51. The molecular weight excluding hydrogens is 326 g/mol. The van der Waals surface area contributed by atoms with Crippen LogP contribution >= 0.6 is 0 Å². The molecule has 2 amide bonds. The van der Waals surface area contributed by atoms with Gasteiger partial charge in [-0.3, -0.25) is 4.79 Å². The summed E-state index contributed by atoms with van der Waals surface area (Å²) in [6, 6.07) is 6.71. The third kappa shape index (κ3) is 5.10. The fourth-order valence-electron chi connectivity index (χ4n) is 2.48. The molecule has 2 rings (SSSR count). The monoisotopic (exact) mass is 349 g/mol. The minimum Gasteiger partial charge on any atom is -0.465 e. The van der Waals surface area contributed by atoms with E-state index in [2.05, 4.69) is 10.1 Å². The molecule has 1 aromatic rings. The third-order valence-electron chi connectivity index (χ3n) is 3.91. The van der Waals surface area contributed by atoms with E-state index in [-0.39, 0.29) is 18.5 Å². The van der Waals surface area contributed by atoms with E-state index in [1.165, 1.54) is 7.11 Å². The number of anilines is 1. The van der Waals surface area contributed by atoms with Crippen LogP contribution in [0.3, 0.4) is 0 Å². The number of methoxy groups -OCH3 is 1. The molecule has 0 unspecified atom stereocenters. The van der Waals surface area contributed by atoms with Gasteiger partial charge in [-0.15, -0.1) is 0 Å². The average molecular weight is 349 g/mol. The number of benzene rings is 1. The van der Waals surface area contributed by atoms with Gasteiger partial charge in [0.25, 0.3) is 0 Å². The van der Waals surface area contributed by atoms with E-state index in [1.807, 2.05) is 0 Å². The first-order chi connectivity index (χ1) is 12.0. The maximum Gasteiger partial charge on any atom is 0.409 e. The minimum absolute atomic E-state index is 0.0412. The quantitative estimate of drug-likeness (QED) is 0.803. The van der Waals surface area contributed by atoms with Gasteiger partial charge < -0.3 is 24.6 Å². The van der Waals surface area contributed by atoms with Crippen molar-refractivity contribution < 1.29 is 23.9 Å². The van der Waals surface area contributed by atoms with Gasteiger partial charge in [0.2, 0.25) is 5.91 Å². The van der Waals surface area contributed by atoms with Crippen molar-refractivity contribution in [3.8, 4) is 0 Å². The lowest BCUT2D eigenvalue weighted by atomic mass is 10.2. The van der Waals surface area contributed by atoms with Crippen LogP contribution in [-0.4, -0.2) is 74.2 Å². The molecule has 0 aliphatic carbocycles. The molecule has 1 aliphatic heterocycles. The maximum absolute atomic E-state index is 12.2. The summed E-state index contributed by atoms with van der Waals surface area (Å²) in [5, 5.41) is 3.03. The summed E-state index contributed by atoms with van der Waals surface area (Å²) in [6.45, 7) is 4.17. The van der Waals surface area contributed by atoms with Gasteiger partial charge in [0, 0.05) is 31.9 Å². The topological polar surface area (TPSA) is 88.2 Å². The summed E-state index contributed by atoms with van der Waals surface area (Å²) in [6.07, 6.45) is -0.335. The zero-order chi connectivity index (χ0) is 18.2. The van der Waals surface area contributed by atoms with Crippen molar-refractivity contribution in [2.45, 2.75) is 6.92 Å². The fraction of sp³-hybridized carbons (Fsp3) is 0.471. The number of piperazine rings is 1. The zero-order valence-electron chi connectivity index (χ0n) is 14.5. The summed E-state index contributed by atoms with van der Waals surface area (Å²) in [7, 11) is 1.33. The Labute approximate surface area is 146 Å². The predicted octanol–water partition coefficient (Wildman–Crippen LogP) is 1.19. The lowest BCUT2D eigenvalue weighted by molar-refractivity contribution is -0.130. The Hall–Kier alpha value is -2.77. The predicted molar refractivity (Wildman–Crippen MR) is 91.4 cm³/mol. The van der Waals surface area contributed by atoms with E-state index < -0.39 is 5.97 Å². The van der Waals surface area contributed by atoms with Crippen molar-refractivity contribution in [2.24, 2.45) is 0 Å². The molecule has 8 heteroatoms. The summed E-state index contributed by atoms with van der Waals surface area (Å²) < 4.78 is 9.59. The smallest absolute Gasteiger partial charge is 0.409 e. The van der Waals surface area contributed by atoms with Crippen molar-refractivity contribution in [1.29, 1.82) is 0 Å². The van der Waals surface area contributed by atoms with Gasteiger partial charge in [-0.1, -0.05) is 0 Å². The molecule has 0 aromatic heterocycles. The van der Waals surface area contributed by atoms with Crippen LogP contribution in [0.15, 0.2) is 24.3 Å². The van der Waals surface area contributed by atoms with E-state index in [1.54, 1.807) is 41.0 Å². The number of esters is 1. The standard InChI is InChI=1S/C17H23N3O5/c1-3-25-17(23)20-10-8-19(9-11-20)15(21)12-18-14-6-4-13(5-7-14)16(22)24-2/h4-7,18H,3,8-12H2,1-2H3. The highest BCUT2D eigenvalue weighted by Crippen LogP contribution is 2.11. The molecule has 1 heterocycles. The normalized spacial score (nSPS) is 14.0. The van der Waals surface area contributed by atoms with E-state index in [0.717, 1.165) is 5.69 Å². The van der Waals surface area contributed by atoms with Crippen LogP contribution in [0.4, 0.5) is 10.5 Å². The molecule has 1 saturated heterocycles. The summed E-state index contributed by atoms with van der Waals surface area (Å²) in [4.78, 5) is 38.6. The van der Waals surface area contributed by atoms with Gasteiger partial charge in [0.15, 0.2) is 0 Å². The van der Waals surface area contributed by atoms with Crippen LogP contribution in [0.5, 0.6) is 0 Å². The number of hydrogen-bond acceptors (Lipinski definition) is 6. The Bertz CT molecular complexity index is 609. The molecule has 8 nitrogen and oxygen atoms in total. The number of nitrogens with zero attached hydrogens (tertiary/aromatic N) is 2. The third-order valence-corrected chi connectivity index (χ3v) is 3.91. The van der Waals surface area contributed by atoms with Gasteiger partial charge in [-0.25, -0.2) is 9.59 Å². The second kappa shape index (κ2) is 8.91. The van der Waals surface area contributed by atoms with Gasteiger partial charge >= 0.3 is 12.1 Å². The van der Waals surface area contributed by atoms with Gasteiger partial charge in [0.1, 0.15) is 0 Å². The van der Waals surface area contributed by atoms with Crippen molar-refractivity contribution in [3.05, 3.63) is 29.8 Å². The second-order valence-corrected chi connectivity index (χ2v) is 5.49. The molecule has 1 aliphatic rings.